The fourth-order valence-corrected chi connectivity index (χ4v) is 5.95. The Labute approximate surface area is 215 Å². The zero-order chi connectivity index (χ0) is 25.9. The van der Waals surface area contributed by atoms with Crippen LogP contribution in [0.3, 0.4) is 0 Å². The van der Waals surface area contributed by atoms with E-state index < -0.39 is 5.60 Å². The van der Waals surface area contributed by atoms with Gasteiger partial charge in [0.25, 0.3) is 0 Å². The zero-order valence-corrected chi connectivity index (χ0v) is 22.0. The number of benzene rings is 1. The molecule has 1 aromatic carbocycles. The molecule has 0 bridgehead atoms. The van der Waals surface area contributed by atoms with Crippen LogP contribution in [0.2, 0.25) is 0 Å². The van der Waals surface area contributed by atoms with Gasteiger partial charge in [-0.15, -0.1) is 5.10 Å². The van der Waals surface area contributed by atoms with Gasteiger partial charge < -0.3 is 14.4 Å². The number of hydrogen-bond donors (Lipinski definition) is 1. The first kappa shape index (κ1) is 23.8. The molecule has 1 aliphatic rings. The van der Waals surface area contributed by atoms with E-state index in [2.05, 4.69) is 51.3 Å². The topological polar surface area (TPSA) is 95.8 Å². The minimum Gasteiger partial charge on any atom is -0.384 e. The van der Waals surface area contributed by atoms with Crippen molar-refractivity contribution in [3.05, 3.63) is 59.5 Å². The van der Waals surface area contributed by atoms with Gasteiger partial charge in [-0.25, -0.2) is 4.68 Å². The number of nitrogens with zero attached hydrogens (tertiary/aromatic N) is 7. The van der Waals surface area contributed by atoms with E-state index in [9.17, 15) is 5.11 Å². The van der Waals surface area contributed by atoms with Gasteiger partial charge in [-0.05, 0) is 51.2 Å². The number of hydrogen-bond acceptors (Lipinski definition) is 6. The summed E-state index contributed by atoms with van der Waals surface area (Å²) >= 11 is 0. The molecule has 1 saturated heterocycles. The van der Waals surface area contributed by atoms with Crippen molar-refractivity contribution in [2.24, 2.45) is 20.0 Å². The number of aliphatic hydroxyl groups is 1. The van der Waals surface area contributed by atoms with Gasteiger partial charge in [-0.1, -0.05) is 35.5 Å². The Hall–Kier alpha value is -3.56. The lowest BCUT2D eigenvalue weighted by Crippen LogP contribution is -2.28. The van der Waals surface area contributed by atoms with Crippen molar-refractivity contribution in [1.29, 1.82) is 0 Å². The molecule has 5 aromatic rings. The summed E-state index contributed by atoms with van der Waals surface area (Å²) in [6.07, 6.45) is 3.80. The quantitative estimate of drug-likeness (QED) is 0.388. The molecule has 1 N–H and O–H groups in total. The van der Waals surface area contributed by atoms with Crippen LogP contribution in [-0.2, 0) is 24.4 Å². The number of aromatic nitrogens is 7. The fourth-order valence-electron chi connectivity index (χ4n) is 5.95. The van der Waals surface area contributed by atoms with E-state index >= 15 is 0 Å². The average Bonchev–Trinajstić information content (AvgIpc) is 3.52. The van der Waals surface area contributed by atoms with Crippen LogP contribution >= 0.6 is 0 Å². The molecule has 0 aliphatic carbocycles. The monoisotopic (exact) mass is 499 g/mol. The highest BCUT2D eigenvalue weighted by atomic mass is 16.5. The van der Waals surface area contributed by atoms with Crippen LogP contribution in [0.25, 0.3) is 33.3 Å². The number of ether oxygens (including phenoxy) is 1. The van der Waals surface area contributed by atoms with Crippen LogP contribution in [0.15, 0.2) is 42.6 Å². The molecular formula is C28H33N7O2. The predicted molar refractivity (Wildman–Crippen MR) is 142 cm³/mol. The van der Waals surface area contributed by atoms with Crippen LogP contribution in [0.5, 0.6) is 0 Å². The van der Waals surface area contributed by atoms with Crippen molar-refractivity contribution >= 4 is 22.1 Å². The van der Waals surface area contributed by atoms with Gasteiger partial charge >= 0.3 is 0 Å². The van der Waals surface area contributed by atoms with Crippen molar-refractivity contribution in [2.75, 3.05) is 13.2 Å². The molecule has 37 heavy (non-hydrogen) atoms. The van der Waals surface area contributed by atoms with Crippen molar-refractivity contribution in [3.63, 3.8) is 0 Å². The van der Waals surface area contributed by atoms with Crippen molar-refractivity contribution < 1.29 is 9.84 Å². The van der Waals surface area contributed by atoms with Crippen LogP contribution < -0.4 is 0 Å². The zero-order valence-electron chi connectivity index (χ0n) is 22.0. The lowest BCUT2D eigenvalue weighted by Gasteiger charge is -2.33. The summed E-state index contributed by atoms with van der Waals surface area (Å²) in [6.45, 7) is 7.04. The van der Waals surface area contributed by atoms with Gasteiger partial charge in [-0.2, -0.15) is 5.10 Å². The molecule has 0 amide bonds. The molecule has 4 aromatic heterocycles. The number of fused-ring (bicyclic) bond motifs is 3. The Morgan fingerprint density at radius 1 is 1.05 bits per heavy atom. The molecule has 6 rings (SSSR count). The van der Waals surface area contributed by atoms with E-state index in [4.69, 9.17) is 14.8 Å². The van der Waals surface area contributed by atoms with Gasteiger partial charge in [0.15, 0.2) is 0 Å². The molecule has 0 saturated carbocycles. The molecule has 1 fully saturated rings. The summed E-state index contributed by atoms with van der Waals surface area (Å²) in [5.41, 5.74) is 7.21. The molecule has 0 spiro atoms. The van der Waals surface area contributed by atoms with E-state index in [-0.39, 0.29) is 6.04 Å². The van der Waals surface area contributed by atoms with E-state index in [1.54, 1.807) is 18.5 Å². The average molecular weight is 500 g/mol. The van der Waals surface area contributed by atoms with Gasteiger partial charge in [0.2, 0.25) is 0 Å². The predicted octanol–water partition coefficient (Wildman–Crippen LogP) is 4.27. The Kier molecular flexibility index (Phi) is 5.65. The second kappa shape index (κ2) is 8.78. The Bertz CT molecular complexity index is 1560. The highest BCUT2D eigenvalue weighted by molar-refractivity contribution is 6.06. The summed E-state index contributed by atoms with van der Waals surface area (Å²) in [6, 6.07) is 12.9. The third-order valence-corrected chi connectivity index (χ3v) is 7.59. The number of pyridine rings is 1. The number of aryl methyl sites for hydroxylation is 3. The normalized spacial score (nSPS) is 16.2. The molecule has 0 radical (unpaired) electrons. The third-order valence-electron chi connectivity index (χ3n) is 7.59. The molecule has 1 atom stereocenters. The fraction of sp³-hybridized carbons (Fsp3) is 0.429. The summed E-state index contributed by atoms with van der Waals surface area (Å²) in [5, 5.41) is 24.5. The molecule has 192 valence electrons. The maximum Gasteiger partial charge on any atom is 0.118 e. The molecule has 1 unspecified atom stereocenters. The highest BCUT2D eigenvalue weighted by Gasteiger charge is 2.35. The minimum atomic E-state index is -1.13. The largest absolute Gasteiger partial charge is 0.384 e. The maximum atomic E-state index is 11.2. The van der Waals surface area contributed by atoms with Gasteiger partial charge in [0.1, 0.15) is 22.3 Å². The van der Waals surface area contributed by atoms with Crippen LogP contribution in [0.1, 0.15) is 49.7 Å². The first-order chi connectivity index (χ1) is 17.8. The summed E-state index contributed by atoms with van der Waals surface area (Å²) in [5.74, 6) is 0.355. The lowest BCUT2D eigenvalue weighted by molar-refractivity contribution is 0.0547. The smallest absolute Gasteiger partial charge is 0.118 e. The molecule has 5 heterocycles. The first-order valence-electron chi connectivity index (χ1n) is 12.8. The Morgan fingerprint density at radius 2 is 1.78 bits per heavy atom. The molecule has 9 nitrogen and oxygen atoms in total. The van der Waals surface area contributed by atoms with E-state index in [0.29, 0.717) is 11.6 Å². The molecule has 1 aliphatic heterocycles. The van der Waals surface area contributed by atoms with E-state index in [1.165, 1.54) is 5.56 Å². The highest BCUT2D eigenvalue weighted by Crippen LogP contribution is 2.43. The van der Waals surface area contributed by atoms with E-state index in [1.807, 2.05) is 31.9 Å². The SMILES string of the molecule is Cc1nnn(C)c1-c1cnc2c3c(c(C(C)(C)O)nn3C)n(C(c3ccccc3)C3CCOCC3)c2c1. The van der Waals surface area contributed by atoms with Gasteiger partial charge in [0, 0.05) is 39.1 Å². The second-order valence-electron chi connectivity index (χ2n) is 10.6. The lowest BCUT2D eigenvalue weighted by atomic mass is 9.86. The van der Waals surface area contributed by atoms with Crippen LogP contribution in [-0.4, -0.2) is 52.6 Å². The van der Waals surface area contributed by atoms with Crippen molar-refractivity contribution in [3.8, 4) is 11.3 Å². The summed E-state index contributed by atoms with van der Waals surface area (Å²) in [7, 11) is 3.83. The molecular weight excluding hydrogens is 466 g/mol. The van der Waals surface area contributed by atoms with Gasteiger partial charge in [0.05, 0.1) is 28.5 Å². The third kappa shape index (κ3) is 3.84. The minimum absolute atomic E-state index is 0.0261. The second-order valence-corrected chi connectivity index (χ2v) is 10.6. The van der Waals surface area contributed by atoms with Crippen molar-refractivity contribution in [2.45, 2.75) is 45.3 Å². The Balaban J connectivity index is 1.73. The van der Waals surface area contributed by atoms with E-state index in [0.717, 1.165) is 65.1 Å². The summed E-state index contributed by atoms with van der Waals surface area (Å²) < 4.78 is 11.8. The van der Waals surface area contributed by atoms with Gasteiger partial charge in [-0.3, -0.25) is 9.67 Å². The number of rotatable bonds is 5. The summed E-state index contributed by atoms with van der Waals surface area (Å²) in [4.78, 5) is 4.99. The first-order valence-corrected chi connectivity index (χ1v) is 12.8. The maximum absolute atomic E-state index is 11.2. The van der Waals surface area contributed by atoms with Crippen LogP contribution in [0.4, 0.5) is 0 Å². The standard InChI is InChI=1S/C28H33N7O2/c1-17-23(34(5)32-30-17)20-15-21-22(29-16-20)25-26(27(28(2,3)36)31-33(25)4)35(21)24(18-9-7-6-8-10-18)19-11-13-37-14-12-19/h6-10,15-16,19,24,36H,11-14H2,1-5H3. The van der Waals surface area contributed by atoms with Crippen molar-refractivity contribution in [1.82, 2.24) is 34.3 Å². The van der Waals surface area contributed by atoms with Crippen LogP contribution in [0, 0.1) is 12.8 Å². The molecule has 9 heteroatoms. The Morgan fingerprint density at radius 3 is 2.43 bits per heavy atom.